The Morgan fingerprint density at radius 2 is 1.64 bits per heavy atom. The summed E-state index contributed by atoms with van der Waals surface area (Å²) in [5.74, 6) is -0.315. The highest BCUT2D eigenvalue weighted by atomic mass is 32.2. The third kappa shape index (κ3) is 8.75. The first kappa shape index (κ1) is 33.8. The molecule has 0 bridgehead atoms. The van der Waals surface area contributed by atoms with Crippen LogP contribution in [-0.2, 0) is 26.2 Å². The number of halogens is 1. The number of carbonyl (C=O) groups is 2. The van der Waals surface area contributed by atoms with Crippen LogP contribution >= 0.6 is 0 Å². The van der Waals surface area contributed by atoms with Gasteiger partial charge in [0.2, 0.25) is 11.8 Å². The van der Waals surface area contributed by atoms with E-state index in [1.807, 2.05) is 19.9 Å². The van der Waals surface area contributed by atoms with Crippen LogP contribution in [0.1, 0.15) is 57.9 Å². The number of nitrogens with one attached hydrogen (secondary N) is 1. The summed E-state index contributed by atoms with van der Waals surface area (Å²) < 4.78 is 53.8. The Morgan fingerprint density at radius 3 is 2.27 bits per heavy atom. The molecule has 9 nitrogen and oxygen atoms in total. The van der Waals surface area contributed by atoms with Gasteiger partial charge in [-0.05, 0) is 92.4 Å². The van der Waals surface area contributed by atoms with Gasteiger partial charge < -0.3 is 19.7 Å². The monoisotopic (exact) mass is 639 g/mol. The van der Waals surface area contributed by atoms with Crippen LogP contribution in [0.25, 0.3) is 0 Å². The Balaban J connectivity index is 1.70. The van der Waals surface area contributed by atoms with Crippen molar-refractivity contribution in [1.82, 2.24) is 10.2 Å². The van der Waals surface area contributed by atoms with Crippen LogP contribution in [0.4, 0.5) is 10.1 Å². The lowest BCUT2D eigenvalue weighted by Gasteiger charge is -2.34. The lowest BCUT2D eigenvalue weighted by Crippen LogP contribution is -2.54. The summed E-state index contributed by atoms with van der Waals surface area (Å²) in [6.07, 6.45) is 5.27. The summed E-state index contributed by atoms with van der Waals surface area (Å²) in [7, 11) is -2.76. The number of ether oxygens (including phenoxy) is 2. The minimum absolute atomic E-state index is 0.0322. The third-order valence-electron chi connectivity index (χ3n) is 7.94. The van der Waals surface area contributed by atoms with Gasteiger partial charge in [0, 0.05) is 12.6 Å². The second-order valence-electron chi connectivity index (χ2n) is 11.0. The number of nitrogens with zero attached hydrogens (tertiary/aromatic N) is 2. The second-order valence-corrected chi connectivity index (χ2v) is 12.9. The quantitative estimate of drug-likeness (QED) is 0.243. The number of benzene rings is 3. The molecule has 0 saturated heterocycles. The minimum Gasteiger partial charge on any atom is -0.497 e. The first-order valence-electron chi connectivity index (χ1n) is 15.4. The van der Waals surface area contributed by atoms with Crippen molar-refractivity contribution in [2.45, 2.75) is 75.9 Å². The summed E-state index contributed by atoms with van der Waals surface area (Å²) in [5, 5.41) is 3.13. The van der Waals surface area contributed by atoms with E-state index in [1.165, 1.54) is 29.2 Å². The number of hydrogen-bond acceptors (Lipinski definition) is 6. The van der Waals surface area contributed by atoms with Gasteiger partial charge in [0.05, 0.1) is 24.3 Å². The normalized spacial score (nSPS) is 14.3. The molecule has 0 aliphatic heterocycles. The van der Waals surface area contributed by atoms with E-state index in [-0.39, 0.29) is 29.1 Å². The summed E-state index contributed by atoms with van der Waals surface area (Å²) in [4.78, 5) is 29.3. The van der Waals surface area contributed by atoms with Crippen LogP contribution in [0.2, 0.25) is 0 Å². The van der Waals surface area contributed by atoms with E-state index in [1.54, 1.807) is 37.4 Å². The molecular formula is C34H42FN3O6S. The van der Waals surface area contributed by atoms with E-state index in [0.717, 1.165) is 48.5 Å². The highest BCUT2D eigenvalue weighted by Crippen LogP contribution is 2.27. The van der Waals surface area contributed by atoms with Crippen molar-refractivity contribution < 1.29 is 31.9 Å². The highest BCUT2D eigenvalue weighted by Gasteiger charge is 2.34. The van der Waals surface area contributed by atoms with Crippen molar-refractivity contribution in [2.24, 2.45) is 0 Å². The van der Waals surface area contributed by atoms with Gasteiger partial charge in [-0.3, -0.25) is 13.9 Å². The van der Waals surface area contributed by atoms with Crippen LogP contribution in [0, 0.1) is 5.82 Å². The summed E-state index contributed by atoms with van der Waals surface area (Å²) in [5.41, 5.74) is 0.828. The number of anilines is 1. The molecule has 3 aromatic carbocycles. The smallest absolute Gasteiger partial charge is 0.264 e. The molecule has 3 aromatic rings. The van der Waals surface area contributed by atoms with Gasteiger partial charge in [0.15, 0.2) is 0 Å². The third-order valence-corrected chi connectivity index (χ3v) is 9.73. The molecule has 0 aromatic heterocycles. The molecule has 0 unspecified atom stereocenters. The number of sulfonamides is 1. The molecule has 0 heterocycles. The maximum Gasteiger partial charge on any atom is 0.264 e. The van der Waals surface area contributed by atoms with E-state index >= 15 is 0 Å². The Kier molecular flexibility index (Phi) is 11.8. The number of hydrogen-bond donors (Lipinski definition) is 1. The zero-order chi connectivity index (χ0) is 32.4. The molecule has 45 heavy (non-hydrogen) atoms. The van der Waals surface area contributed by atoms with Crippen molar-refractivity contribution in [3.63, 3.8) is 0 Å². The van der Waals surface area contributed by atoms with E-state index in [9.17, 15) is 22.4 Å². The standard InChI is InChI=1S/C34H42FN3O6S/c1-4-32(34(40)36-27-11-7-6-8-12-27)37(23-25-10-9-13-30(22-25)43-3)33(39)24-38(28-16-14-26(35)15-17-28)45(41,42)31-20-18-29(19-21-31)44-5-2/h9-10,13-22,27,32H,4-8,11-12,23-24H2,1-3H3,(H,36,40)/t32-/m1/s1. The van der Waals surface area contributed by atoms with Crippen molar-refractivity contribution in [3.05, 3.63) is 84.2 Å². The van der Waals surface area contributed by atoms with Crippen molar-refractivity contribution in [3.8, 4) is 11.5 Å². The molecule has 2 amide bonds. The molecule has 1 fully saturated rings. The molecular weight excluding hydrogens is 597 g/mol. The van der Waals surface area contributed by atoms with Gasteiger partial charge in [-0.2, -0.15) is 0 Å². The summed E-state index contributed by atoms with van der Waals surface area (Å²) in [6.45, 7) is 3.50. The second kappa shape index (κ2) is 15.7. The molecule has 0 radical (unpaired) electrons. The molecule has 11 heteroatoms. The van der Waals surface area contributed by atoms with Crippen LogP contribution in [0.3, 0.4) is 0 Å². The maximum absolute atomic E-state index is 14.3. The fourth-order valence-electron chi connectivity index (χ4n) is 5.57. The molecule has 1 N–H and O–H groups in total. The molecule has 4 rings (SSSR count). The van der Waals surface area contributed by atoms with Gasteiger partial charge in [0.25, 0.3) is 10.0 Å². The van der Waals surface area contributed by atoms with Crippen LogP contribution in [-0.4, -0.2) is 57.5 Å². The molecule has 242 valence electrons. The fourth-order valence-corrected chi connectivity index (χ4v) is 6.98. The number of carbonyl (C=O) groups excluding carboxylic acids is 2. The van der Waals surface area contributed by atoms with Gasteiger partial charge in [0.1, 0.15) is 29.9 Å². The van der Waals surface area contributed by atoms with Gasteiger partial charge >= 0.3 is 0 Å². The molecule has 1 aliphatic carbocycles. The Morgan fingerprint density at radius 1 is 0.956 bits per heavy atom. The topological polar surface area (TPSA) is 105 Å². The lowest BCUT2D eigenvalue weighted by atomic mass is 9.95. The molecule has 1 saturated carbocycles. The first-order valence-corrected chi connectivity index (χ1v) is 16.8. The van der Waals surface area contributed by atoms with E-state index in [4.69, 9.17) is 9.47 Å². The number of amides is 2. The zero-order valence-electron chi connectivity index (χ0n) is 26.1. The predicted octanol–water partition coefficient (Wildman–Crippen LogP) is 5.68. The summed E-state index contributed by atoms with van der Waals surface area (Å²) >= 11 is 0. The van der Waals surface area contributed by atoms with Gasteiger partial charge in [-0.1, -0.05) is 38.3 Å². The van der Waals surface area contributed by atoms with E-state index in [0.29, 0.717) is 30.1 Å². The average Bonchev–Trinajstić information content (AvgIpc) is 3.05. The van der Waals surface area contributed by atoms with Crippen LogP contribution in [0.5, 0.6) is 11.5 Å². The number of rotatable bonds is 14. The van der Waals surface area contributed by atoms with Crippen LogP contribution in [0.15, 0.2) is 77.7 Å². The summed E-state index contributed by atoms with van der Waals surface area (Å²) in [6, 6.07) is 17.2. The first-order chi connectivity index (χ1) is 21.7. The number of methoxy groups -OCH3 is 1. The lowest BCUT2D eigenvalue weighted by molar-refractivity contribution is -0.140. The largest absolute Gasteiger partial charge is 0.497 e. The van der Waals surface area contributed by atoms with Crippen molar-refractivity contribution >= 4 is 27.5 Å². The van der Waals surface area contributed by atoms with Gasteiger partial charge in [-0.25, -0.2) is 12.8 Å². The zero-order valence-corrected chi connectivity index (χ0v) is 26.9. The average molecular weight is 640 g/mol. The molecule has 0 spiro atoms. The van der Waals surface area contributed by atoms with E-state index < -0.39 is 34.3 Å². The molecule has 1 aliphatic rings. The SMILES string of the molecule is CCOc1ccc(S(=O)(=O)N(CC(=O)N(Cc2cccc(OC)c2)[C@H](CC)C(=O)NC2CCCCC2)c2ccc(F)cc2)cc1. The van der Waals surface area contributed by atoms with Gasteiger partial charge in [-0.15, -0.1) is 0 Å². The Bertz CT molecular complexity index is 1530. The van der Waals surface area contributed by atoms with Crippen molar-refractivity contribution in [1.29, 1.82) is 0 Å². The Hall–Kier alpha value is -4.12. The fraction of sp³-hybridized carbons (Fsp3) is 0.412. The maximum atomic E-state index is 14.3. The van der Waals surface area contributed by atoms with E-state index in [2.05, 4.69) is 5.32 Å². The Labute approximate surface area is 265 Å². The highest BCUT2D eigenvalue weighted by molar-refractivity contribution is 7.92. The minimum atomic E-state index is -4.30. The predicted molar refractivity (Wildman–Crippen MR) is 171 cm³/mol. The molecule has 1 atom stereocenters. The van der Waals surface area contributed by atoms with Crippen LogP contribution < -0.4 is 19.1 Å². The van der Waals surface area contributed by atoms with Crippen molar-refractivity contribution in [2.75, 3.05) is 24.6 Å².